The van der Waals surface area contributed by atoms with Gasteiger partial charge in [0.1, 0.15) is 5.15 Å². The predicted molar refractivity (Wildman–Crippen MR) is 68.8 cm³/mol. The molecule has 3 nitrogen and oxygen atoms in total. The summed E-state index contributed by atoms with van der Waals surface area (Å²) >= 11 is 11.7. The number of rotatable bonds is 2. The van der Waals surface area contributed by atoms with Crippen LogP contribution < -0.4 is 5.56 Å². The van der Waals surface area contributed by atoms with Crippen LogP contribution in [0.1, 0.15) is 11.1 Å². The summed E-state index contributed by atoms with van der Waals surface area (Å²) in [6.07, 6.45) is 3.32. The van der Waals surface area contributed by atoms with Crippen LogP contribution in [0.5, 0.6) is 0 Å². The first kappa shape index (κ1) is 12.1. The van der Waals surface area contributed by atoms with E-state index in [2.05, 4.69) is 4.98 Å². The van der Waals surface area contributed by atoms with E-state index in [4.69, 9.17) is 23.2 Å². The molecule has 0 radical (unpaired) electrons. The highest BCUT2D eigenvalue weighted by Crippen LogP contribution is 2.19. The van der Waals surface area contributed by atoms with Gasteiger partial charge in [0.15, 0.2) is 0 Å². The quantitative estimate of drug-likeness (QED) is 0.786. The first-order valence-corrected chi connectivity index (χ1v) is 5.79. The Morgan fingerprint density at radius 1 is 1.35 bits per heavy atom. The van der Waals surface area contributed by atoms with E-state index >= 15 is 0 Å². The third kappa shape index (κ3) is 2.87. The molecule has 0 aromatic carbocycles. The lowest BCUT2D eigenvalue weighted by Crippen LogP contribution is -2.19. The first-order chi connectivity index (χ1) is 8.06. The molecule has 0 bridgehead atoms. The minimum atomic E-state index is -0.0592. The lowest BCUT2D eigenvalue weighted by molar-refractivity contribution is 0.754. The highest BCUT2D eigenvalue weighted by atomic mass is 35.5. The van der Waals surface area contributed by atoms with Crippen LogP contribution in [0.3, 0.4) is 0 Å². The number of hydrogen-bond acceptors (Lipinski definition) is 2. The first-order valence-electron chi connectivity index (χ1n) is 5.03. The van der Waals surface area contributed by atoms with Crippen LogP contribution in [-0.4, -0.2) is 9.55 Å². The van der Waals surface area contributed by atoms with Crippen molar-refractivity contribution in [2.24, 2.45) is 0 Å². The van der Waals surface area contributed by atoms with Gasteiger partial charge >= 0.3 is 0 Å². The van der Waals surface area contributed by atoms with Crippen molar-refractivity contribution in [1.82, 2.24) is 9.55 Å². The average molecular weight is 269 g/mol. The van der Waals surface area contributed by atoms with Crippen LogP contribution in [-0.2, 0) is 6.54 Å². The topological polar surface area (TPSA) is 34.9 Å². The van der Waals surface area contributed by atoms with Crippen molar-refractivity contribution >= 4 is 23.2 Å². The molecule has 0 N–H and O–H groups in total. The van der Waals surface area contributed by atoms with Crippen molar-refractivity contribution in [3.8, 4) is 0 Å². The van der Waals surface area contributed by atoms with Crippen LogP contribution >= 0.6 is 23.2 Å². The smallest absolute Gasteiger partial charge is 0.251 e. The molecule has 0 amide bonds. The SMILES string of the molecule is Cc1ccn(Cc2cnc(Cl)cc2Cl)c(=O)c1. The molecular formula is C12H10Cl2N2O. The fourth-order valence-corrected chi connectivity index (χ4v) is 1.90. The Labute approximate surface area is 109 Å². The Kier molecular flexibility index (Phi) is 3.50. The van der Waals surface area contributed by atoms with E-state index in [0.29, 0.717) is 16.7 Å². The molecular weight excluding hydrogens is 259 g/mol. The van der Waals surface area contributed by atoms with Crippen molar-refractivity contribution in [3.63, 3.8) is 0 Å². The Balaban J connectivity index is 2.35. The van der Waals surface area contributed by atoms with Gasteiger partial charge in [-0.3, -0.25) is 4.79 Å². The van der Waals surface area contributed by atoms with Crippen molar-refractivity contribution in [2.45, 2.75) is 13.5 Å². The van der Waals surface area contributed by atoms with E-state index in [9.17, 15) is 4.79 Å². The normalized spacial score (nSPS) is 10.5. The molecule has 0 aliphatic carbocycles. The van der Waals surface area contributed by atoms with Gasteiger partial charge in [-0.15, -0.1) is 0 Å². The van der Waals surface area contributed by atoms with Crippen molar-refractivity contribution in [2.75, 3.05) is 0 Å². The third-order valence-electron chi connectivity index (χ3n) is 2.39. The van der Waals surface area contributed by atoms with Crippen LogP contribution in [0.15, 0.2) is 35.4 Å². The second kappa shape index (κ2) is 4.90. The number of hydrogen-bond donors (Lipinski definition) is 0. The summed E-state index contributed by atoms with van der Waals surface area (Å²) < 4.78 is 1.57. The van der Waals surface area contributed by atoms with Gasteiger partial charge in [-0.05, 0) is 24.6 Å². The van der Waals surface area contributed by atoms with Crippen molar-refractivity contribution in [1.29, 1.82) is 0 Å². The molecule has 2 aromatic heterocycles. The fourth-order valence-electron chi connectivity index (χ4n) is 1.47. The van der Waals surface area contributed by atoms with E-state index in [1.807, 2.05) is 13.0 Å². The van der Waals surface area contributed by atoms with E-state index in [1.165, 1.54) is 0 Å². The molecule has 0 aliphatic heterocycles. The van der Waals surface area contributed by atoms with Gasteiger partial charge in [-0.2, -0.15) is 0 Å². The lowest BCUT2D eigenvalue weighted by atomic mass is 10.2. The van der Waals surface area contributed by atoms with Gasteiger partial charge < -0.3 is 4.57 Å². The Hall–Kier alpha value is -1.32. The van der Waals surface area contributed by atoms with E-state index in [0.717, 1.165) is 11.1 Å². The average Bonchev–Trinajstić information content (AvgIpc) is 2.25. The van der Waals surface area contributed by atoms with E-state index in [1.54, 1.807) is 29.1 Å². The Bertz CT molecular complexity index is 608. The molecule has 0 saturated heterocycles. The minimum Gasteiger partial charge on any atom is -0.311 e. The standard InChI is InChI=1S/C12H10Cl2N2O/c1-8-2-3-16(12(17)4-8)7-9-6-15-11(14)5-10(9)13/h2-6H,7H2,1H3. The van der Waals surface area contributed by atoms with E-state index in [-0.39, 0.29) is 5.56 Å². The molecule has 0 atom stereocenters. The van der Waals surface area contributed by atoms with Crippen LogP contribution in [0.2, 0.25) is 10.2 Å². The van der Waals surface area contributed by atoms with E-state index < -0.39 is 0 Å². The number of nitrogens with zero attached hydrogens (tertiary/aromatic N) is 2. The Morgan fingerprint density at radius 2 is 2.12 bits per heavy atom. The molecule has 2 aromatic rings. The molecule has 0 fully saturated rings. The van der Waals surface area contributed by atoms with Gasteiger partial charge in [0.2, 0.25) is 0 Å². The molecule has 0 saturated carbocycles. The maximum atomic E-state index is 11.7. The third-order valence-corrected chi connectivity index (χ3v) is 2.95. The molecule has 0 unspecified atom stereocenters. The van der Waals surface area contributed by atoms with Crippen molar-refractivity contribution in [3.05, 3.63) is 62.2 Å². The maximum Gasteiger partial charge on any atom is 0.251 e. The Morgan fingerprint density at radius 3 is 2.76 bits per heavy atom. The summed E-state index contributed by atoms with van der Waals surface area (Å²) in [4.78, 5) is 15.6. The largest absolute Gasteiger partial charge is 0.311 e. The number of halogens is 2. The van der Waals surface area contributed by atoms with Gasteiger partial charge in [-0.25, -0.2) is 4.98 Å². The molecule has 88 valence electrons. The van der Waals surface area contributed by atoms with Gasteiger partial charge in [0, 0.05) is 24.0 Å². The minimum absolute atomic E-state index is 0.0592. The zero-order valence-electron chi connectivity index (χ0n) is 9.15. The molecule has 17 heavy (non-hydrogen) atoms. The number of aromatic nitrogens is 2. The molecule has 5 heteroatoms. The monoisotopic (exact) mass is 268 g/mol. The van der Waals surface area contributed by atoms with Crippen LogP contribution in [0.4, 0.5) is 0 Å². The van der Waals surface area contributed by atoms with Crippen LogP contribution in [0, 0.1) is 6.92 Å². The highest BCUT2D eigenvalue weighted by molar-refractivity contribution is 6.34. The molecule has 2 heterocycles. The summed E-state index contributed by atoms with van der Waals surface area (Å²) in [6, 6.07) is 5.02. The maximum absolute atomic E-state index is 11.7. The summed E-state index contributed by atoms with van der Waals surface area (Å²) in [5, 5.41) is 0.854. The van der Waals surface area contributed by atoms with Gasteiger partial charge in [0.05, 0.1) is 11.6 Å². The molecule has 0 spiro atoms. The summed E-state index contributed by atoms with van der Waals surface area (Å²) in [5.41, 5.74) is 1.64. The second-order valence-electron chi connectivity index (χ2n) is 3.77. The summed E-state index contributed by atoms with van der Waals surface area (Å²) in [6.45, 7) is 2.27. The summed E-state index contributed by atoms with van der Waals surface area (Å²) in [5.74, 6) is 0. The highest BCUT2D eigenvalue weighted by Gasteiger charge is 2.04. The van der Waals surface area contributed by atoms with Crippen LogP contribution in [0.25, 0.3) is 0 Å². The number of pyridine rings is 2. The molecule has 2 rings (SSSR count). The fraction of sp³-hybridized carbons (Fsp3) is 0.167. The van der Waals surface area contributed by atoms with Gasteiger partial charge in [0.25, 0.3) is 5.56 Å². The molecule has 0 aliphatic rings. The number of aryl methyl sites for hydroxylation is 1. The predicted octanol–water partition coefficient (Wildman–Crippen LogP) is 2.91. The lowest BCUT2D eigenvalue weighted by Gasteiger charge is -2.07. The zero-order valence-corrected chi connectivity index (χ0v) is 10.7. The van der Waals surface area contributed by atoms with Gasteiger partial charge in [-0.1, -0.05) is 23.2 Å². The van der Waals surface area contributed by atoms with Crippen molar-refractivity contribution < 1.29 is 0 Å². The second-order valence-corrected chi connectivity index (χ2v) is 4.56. The summed E-state index contributed by atoms with van der Waals surface area (Å²) in [7, 11) is 0. The zero-order chi connectivity index (χ0) is 12.4.